The molecule has 0 aliphatic heterocycles. The maximum absolute atomic E-state index is 14.5. The van der Waals surface area contributed by atoms with E-state index in [1.54, 1.807) is 24.3 Å². The summed E-state index contributed by atoms with van der Waals surface area (Å²) < 4.78 is 108. The van der Waals surface area contributed by atoms with E-state index in [-0.39, 0.29) is 27.1 Å². The van der Waals surface area contributed by atoms with Gasteiger partial charge in [-0.1, -0.05) is 60.3 Å². The van der Waals surface area contributed by atoms with Crippen LogP contribution in [0, 0.1) is 11.6 Å². The first-order valence-corrected chi connectivity index (χ1v) is 18.0. The predicted molar refractivity (Wildman–Crippen MR) is 187 cm³/mol. The van der Waals surface area contributed by atoms with Gasteiger partial charge in [0.15, 0.2) is 5.78 Å². The van der Waals surface area contributed by atoms with E-state index in [4.69, 9.17) is 23.2 Å². The van der Waals surface area contributed by atoms with E-state index >= 15 is 0 Å². The molecule has 300 valence electrons. The third kappa shape index (κ3) is 9.22. The molecule has 0 atom stereocenters. The highest BCUT2D eigenvalue weighted by Crippen LogP contribution is 2.48. The SMILES string of the molecule is Fc1c(Cl)cccc1C1(Cc2ncc(-c3nnc(C(F)(F)F)o3)cn2)CCC1.O=C(CNC(=O)C(F)(F)F)c1cnc(CC2(c3cccc(Cl)c3F)CCC2)nc1. The molecule has 7 rings (SSSR count). The second kappa shape index (κ2) is 16.4. The van der Waals surface area contributed by atoms with Crippen molar-refractivity contribution in [3.63, 3.8) is 0 Å². The number of nitrogens with one attached hydrogen (secondary N) is 1. The molecule has 0 radical (unpaired) electrons. The van der Waals surface area contributed by atoms with Gasteiger partial charge < -0.3 is 9.73 Å². The van der Waals surface area contributed by atoms with Crippen molar-refractivity contribution < 1.29 is 49.1 Å². The smallest absolute Gasteiger partial charge is 0.413 e. The molecule has 0 saturated heterocycles. The normalized spacial score (nSPS) is 15.8. The molecule has 3 aromatic heterocycles. The van der Waals surface area contributed by atoms with Crippen molar-refractivity contribution in [3.8, 4) is 11.5 Å². The van der Waals surface area contributed by atoms with Gasteiger partial charge in [-0.2, -0.15) is 26.3 Å². The van der Waals surface area contributed by atoms with Crippen LogP contribution in [0.4, 0.5) is 35.1 Å². The first-order valence-electron chi connectivity index (χ1n) is 17.2. The second-order valence-electron chi connectivity index (χ2n) is 13.6. The standard InChI is InChI=1S/C19H16ClF4N3O2.C18H13ClF4N4O/c20-13-4-1-3-12(16(13)21)18(5-2-6-18)7-15-25-8-11(9-26-15)14(28)10-27-17(29)19(22,23)24;19-12-4-1-3-11(14(12)20)17(5-2-6-17)7-13-24-8-10(9-25-13)15-26-27-16(28-15)18(21,22)23/h1,3-4,8-9H,2,5-7,10H2,(H,27,29);1,3-4,8-9H,2,5-7H2. The van der Waals surface area contributed by atoms with Crippen LogP contribution < -0.4 is 5.32 Å². The van der Waals surface area contributed by atoms with Crippen LogP contribution in [-0.4, -0.2) is 54.5 Å². The van der Waals surface area contributed by atoms with Crippen LogP contribution in [0.25, 0.3) is 11.5 Å². The van der Waals surface area contributed by atoms with Crippen LogP contribution in [0.3, 0.4) is 0 Å². The summed E-state index contributed by atoms with van der Waals surface area (Å²) in [6.45, 7) is -0.821. The van der Waals surface area contributed by atoms with Crippen LogP contribution in [0.2, 0.25) is 10.0 Å². The van der Waals surface area contributed by atoms with Gasteiger partial charge in [0.25, 0.3) is 5.89 Å². The third-order valence-corrected chi connectivity index (χ3v) is 10.6. The summed E-state index contributed by atoms with van der Waals surface area (Å²) in [6, 6.07) is 9.75. The van der Waals surface area contributed by atoms with E-state index in [0.717, 1.165) is 38.5 Å². The van der Waals surface area contributed by atoms with Crippen molar-refractivity contribution in [1.29, 1.82) is 0 Å². The molecule has 2 aliphatic carbocycles. The number of carbonyl (C=O) groups excluding carboxylic acids is 2. The van der Waals surface area contributed by atoms with Crippen LogP contribution in [0.15, 0.2) is 65.6 Å². The summed E-state index contributed by atoms with van der Waals surface area (Å²) in [7, 11) is 0. The predicted octanol–water partition coefficient (Wildman–Crippen LogP) is 8.80. The summed E-state index contributed by atoms with van der Waals surface area (Å²) in [5.41, 5.74) is 0.239. The number of rotatable bonds is 10. The molecule has 3 heterocycles. The number of nitrogens with zero attached hydrogens (tertiary/aromatic N) is 6. The fraction of sp³-hybridized carbons (Fsp3) is 0.351. The van der Waals surface area contributed by atoms with Gasteiger partial charge in [-0.05, 0) is 48.9 Å². The van der Waals surface area contributed by atoms with Crippen LogP contribution >= 0.6 is 23.2 Å². The van der Waals surface area contributed by atoms with Crippen molar-refractivity contribution in [2.45, 2.75) is 74.5 Å². The largest absolute Gasteiger partial charge is 0.471 e. The van der Waals surface area contributed by atoms with E-state index < -0.39 is 58.9 Å². The Hall–Kier alpha value is -5.10. The Balaban J connectivity index is 0.000000193. The van der Waals surface area contributed by atoms with Gasteiger partial charge >= 0.3 is 24.2 Å². The molecule has 2 fully saturated rings. The molecule has 2 saturated carbocycles. The average Bonchev–Trinajstić information content (AvgIpc) is 3.65. The lowest BCUT2D eigenvalue weighted by atomic mass is 9.62. The second-order valence-corrected chi connectivity index (χ2v) is 14.4. The molecular weight excluding hydrogens is 813 g/mol. The van der Waals surface area contributed by atoms with Gasteiger partial charge in [0, 0.05) is 48.5 Å². The molecular formula is C37H29Cl2F8N7O3. The molecule has 2 aromatic carbocycles. The van der Waals surface area contributed by atoms with Crippen molar-refractivity contribution in [3.05, 3.63) is 117 Å². The minimum absolute atomic E-state index is 0.0344. The van der Waals surface area contributed by atoms with Crippen LogP contribution in [0.5, 0.6) is 0 Å². The lowest BCUT2D eigenvalue weighted by Crippen LogP contribution is -2.39. The van der Waals surface area contributed by atoms with E-state index in [0.29, 0.717) is 35.6 Å². The monoisotopic (exact) mass is 841 g/mol. The summed E-state index contributed by atoms with van der Waals surface area (Å²) in [6.07, 6.45) is 0.831. The lowest BCUT2D eigenvalue weighted by Gasteiger charge is -2.42. The van der Waals surface area contributed by atoms with Gasteiger partial charge in [-0.25, -0.2) is 28.7 Å². The van der Waals surface area contributed by atoms with E-state index in [1.807, 2.05) is 0 Å². The third-order valence-electron chi connectivity index (χ3n) is 9.97. The van der Waals surface area contributed by atoms with Crippen molar-refractivity contribution in [1.82, 2.24) is 35.5 Å². The van der Waals surface area contributed by atoms with Gasteiger partial charge in [0.2, 0.25) is 0 Å². The van der Waals surface area contributed by atoms with Gasteiger partial charge in [-0.3, -0.25) is 9.59 Å². The number of alkyl halides is 6. The minimum atomic E-state index is -5.06. The number of hydrogen-bond donors (Lipinski definition) is 1. The molecule has 1 N–H and O–H groups in total. The Morgan fingerprint density at radius 2 is 1.19 bits per heavy atom. The highest BCUT2D eigenvalue weighted by atomic mass is 35.5. The number of aromatic nitrogens is 6. The number of Topliss-reactive ketones (excluding diaryl/α,β-unsaturated/α-hetero) is 1. The molecule has 0 spiro atoms. The first-order chi connectivity index (χ1) is 26.9. The zero-order chi connectivity index (χ0) is 41.2. The van der Waals surface area contributed by atoms with E-state index in [1.165, 1.54) is 42.2 Å². The number of halogens is 10. The van der Waals surface area contributed by atoms with Gasteiger partial charge in [0.1, 0.15) is 23.3 Å². The number of hydrogen-bond acceptors (Lipinski definition) is 9. The maximum atomic E-state index is 14.5. The summed E-state index contributed by atoms with van der Waals surface area (Å²) in [5, 5.41) is 7.95. The highest BCUT2D eigenvalue weighted by Gasteiger charge is 2.43. The van der Waals surface area contributed by atoms with E-state index in [9.17, 15) is 44.7 Å². The molecule has 2 aliphatic rings. The van der Waals surface area contributed by atoms with Gasteiger partial charge in [0.05, 0.1) is 27.7 Å². The Labute approximate surface area is 328 Å². The molecule has 5 aromatic rings. The Bertz CT molecular complexity index is 2240. The minimum Gasteiger partial charge on any atom is -0.413 e. The van der Waals surface area contributed by atoms with Crippen molar-refractivity contribution >= 4 is 34.9 Å². The zero-order valence-corrected chi connectivity index (χ0v) is 30.8. The molecule has 0 unspecified atom stereocenters. The summed E-state index contributed by atoms with van der Waals surface area (Å²) in [4.78, 5) is 39.3. The molecule has 10 nitrogen and oxygen atoms in total. The molecule has 1 amide bonds. The molecule has 20 heteroatoms. The quantitative estimate of drug-likeness (QED) is 0.108. The average molecular weight is 843 g/mol. The summed E-state index contributed by atoms with van der Waals surface area (Å²) >= 11 is 11.8. The highest BCUT2D eigenvalue weighted by molar-refractivity contribution is 6.31. The maximum Gasteiger partial charge on any atom is 0.471 e. The fourth-order valence-corrected chi connectivity index (χ4v) is 7.03. The Morgan fingerprint density at radius 3 is 1.60 bits per heavy atom. The fourth-order valence-electron chi connectivity index (χ4n) is 6.69. The Kier molecular flexibility index (Phi) is 12.0. The number of amides is 1. The Morgan fingerprint density at radius 1 is 0.719 bits per heavy atom. The molecule has 57 heavy (non-hydrogen) atoms. The number of carbonyl (C=O) groups is 2. The van der Waals surface area contributed by atoms with Gasteiger partial charge in [-0.15, -0.1) is 10.2 Å². The number of benzene rings is 2. The van der Waals surface area contributed by atoms with Crippen LogP contribution in [-0.2, 0) is 34.6 Å². The van der Waals surface area contributed by atoms with Crippen molar-refractivity contribution in [2.75, 3.05) is 6.54 Å². The van der Waals surface area contributed by atoms with Crippen LogP contribution in [0.1, 0.15) is 77.5 Å². The van der Waals surface area contributed by atoms with Crippen molar-refractivity contribution in [2.24, 2.45) is 0 Å². The number of ketones is 1. The van der Waals surface area contributed by atoms with E-state index in [2.05, 4.69) is 34.6 Å². The topological polar surface area (TPSA) is 137 Å². The first kappa shape index (κ1) is 41.5. The lowest BCUT2D eigenvalue weighted by molar-refractivity contribution is -0.173. The molecule has 0 bridgehead atoms. The summed E-state index contributed by atoms with van der Waals surface area (Å²) in [5.74, 6) is -4.80. The zero-order valence-electron chi connectivity index (χ0n) is 29.3.